The lowest BCUT2D eigenvalue weighted by atomic mass is 10.1. The molecule has 0 unspecified atom stereocenters. The number of benzene rings is 2. The quantitative estimate of drug-likeness (QED) is 0.711. The van der Waals surface area contributed by atoms with Gasteiger partial charge in [0.25, 0.3) is 0 Å². The molecule has 4 nitrogen and oxygen atoms in total. The van der Waals surface area contributed by atoms with Gasteiger partial charge in [-0.1, -0.05) is 42.5 Å². The molecule has 0 radical (unpaired) electrons. The van der Waals surface area contributed by atoms with Crippen molar-refractivity contribution in [1.29, 1.82) is 0 Å². The number of nitrogens with two attached hydrogens (primary N) is 1. The van der Waals surface area contributed by atoms with Crippen LogP contribution >= 0.6 is 0 Å². The first kappa shape index (κ1) is 12.7. The highest BCUT2D eigenvalue weighted by Gasteiger charge is 2.21. The van der Waals surface area contributed by atoms with Crippen LogP contribution in [0.1, 0.15) is 11.7 Å². The Balaban J connectivity index is 2.01. The normalized spacial score (nSPS) is 12.7. The highest BCUT2D eigenvalue weighted by Crippen LogP contribution is 2.20. The molecular weight excluding hydrogens is 250 g/mol. The van der Waals surface area contributed by atoms with Crippen LogP contribution in [0.25, 0.3) is 11.0 Å². The van der Waals surface area contributed by atoms with Gasteiger partial charge in [0.15, 0.2) is 0 Å². The summed E-state index contributed by atoms with van der Waals surface area (Å²) in [4.78, 5) is 0. The standard InChI is InChI=1S/C16H17N3O/c1-18-13-9-5-6-10-14(13)19(16(18)17)11-15(20)12-7-3-2-4-8-12/h2-10,15,17,20H,11H2,1H3/p+1/t15-/m0/s1. The van der Waals surface area contributed by atoms with Crippen molar-refractivity contribution in [2.24, 2.45) is 7.05 Å². The summed E-state index contributed by atoms with van der Waals surface area (Å²) in [6.07, 6.45) is -0.575. The molecule has 0 spiro atoms. The maximum absolute atomic E-state index is 10.4. The molecule has 0 amide bonds. The smallest absolute Gasteiger partial charge is 0.355 e. The molecule has 0 saturated carbocycles. The van der Waals surface area contributed by atoms with Crippen LogP contribution in [0.4, 0.5) is 5.95 Å². The first-order valence-electron chi connectivity index (χ1n) is 6.64. The minimum absolute atomic E-state index is 0.442. The molecule has 1 atom stereocenters. The van der Waals surface area contributed by atoms with Gasteiger partial charge in [0.2, 0.25) is 0 Å². The highest BCUT2D eigenvalue weighted by atomic mass is 16.3. The van der Waals surface area contributed by atoms with E-state index in [-0.39, 0.29) is 0 Å². The zero-order valence-corrected chi connectivity index (χ0v) is 11.4. The molecule has 0 saturated heterocycles. The number of rotatable bonds is 3. The molecule has 2 aromatic carbocycles. The number of aryl methyl sites for hydroxylation is 1. The number of fused-ring (bicyclic) bond motifs is 1. The number of imidazole rings is 1. The van der Waals surface area contributed by atoms with Crippen molar-refractivity contribution in [1.82, 2.24) is 4.57 Å². The Labute approximate surface area is 117 Å². The third-order valence-electron chi connectivity index (χ3n) is 3.69. The number of anilines is 1. The number of nitrogens with zero attached hydrogens (tertiary/aromatic N) is 2. The number of nitrogen functional groups attached to an aromatic ring is 1. The molecular formula is C16H18N3O+. The summed E-state index contributed by atoms with van der Waals surface area (Å²) in [6, 6.07) is 17.6. The molecule has 3 aromatic rings. The van der Waals surface area contributed by atoms with Gasteiger partial charge in [-0.15, -0.1) is 0 Å². The van der Waals surface area contributed by atoms with E-state index in [4.69, 9.17) is 5.73 Å². The number of para-hydroxylation sites is 2. The highest BCUT2D eigenvalue weighted by molar-refractivity contribution is 5.73. The molecule has 4 heteroatoms. The molecule has 3 N–H and O–H groups in total. The fraction of sp³-hybridized carbons (Fsp3) is 0.188. The molecule has 3 rings (SSSR count). The number of hydrogen-bond donors (Lipinski definition) is 2. The van der Waals surface area contributed by atoms with Crippen molar-refractivity contribution in [3.8, 4) is 0 Å². The van der Waals surface area contributed by atoms with E-state index >= 15 is 0 Å². The number of aliphatic hydroxyl groups is 1. The SMILES string of the molecule is C[n+]1c(N)n(C[C@H](O)c2ccccc2)c2ccccc21. The summed E-state index contributed by atoms with van der Waals surface area (Å²) < 4.78 is 3.89. The first-order chi connectivity index (χ1) is 9.68. The van der Waals surface area contributed by atoms with E-state index in [2.05, 4.69) is 0 Å². The van der Waals surface area contributed by atoms with Gasteiger partial charge in [-0.3, -0.25) is 5.73 Å². The molecule has 1 aromatic heterocycles. The predicted octanol–water partition coefficient (Wildman–Crippen LogP) is 1.78. The van der Waals surface area contributed by atoms with Gasteiger partial charge in [-0.2, -0.15) is 0 Å². The Hall–Kier alpha value is -2.33. The Bertz CT molecular complexity index is 734. The van der Waals surface area contributed by atoms with Gasteiger partial charge in [0.05, 0.1) is 7.05 Å². The van der Waals surface area contributed by atoms with Crippen LogP contribution in [-0.2, 0) is 13.6 Å². The van der Waals surface area contributed by atoms with E-state index in [0.29, 0.717) is 12.5 Å². The van der Waals surface area contributed by atoms with Crippen LogP contribution in [0, 0.1) is 0 Å². The molecule has 0 fully saturated rings. The van der Waals surface area contributed by atoms with E-state index in [1.807, 2.05) is 70.8 Å². The van der Waals surface area contributed by atoms with Crippen molar-refractivity contribution in [3.63, 3.8) is 0 Å². The van der Waals surface area contributed by atoms with E-state index in [1.54, 1.807) is 0 Å². The summed E-state index contributed by atoms with van der Waals surface area (Å²) in [5, 5.41) is 10.4. The largest absolute Gasteiger partial charge is 0.385 e. The molecule has 20 heavy (non-hydrogen) atoms. The number of aromatic nitrogens is 2. The molecule has 1 heterocycles. The Kier molecular flexibility index (Phi) is 3.16. The van der Waals surface area contributed by atoms with Crippen LogP contribution in [-0.4, -0.2) is 9.67 Å². The van der Waals surface area contributed by atoms with Crippen LogP contribution in [0.2, 0.25) is 0 Å². The Morgan fingerprint density at radius 1 is 1.10 bits per heavy atom. The first-order valence-corrected chi connectivity index (χ1v) is 6.64. The number of aliphatic hydroxyl groups excluding tert-OH is 1. The molecule has 0 aliphatic carbocycles. The second-order valence-corrected chi connectivity index (χ2v) is 4.94. The van der Waals surface area contributed by atoms with E-state index < -0.39 is 6.10 Å². The van der Waals surface area contributed by atoms with Gasteiger partial charge in [0.1, 0.15) is 23.7 Å². The van der Waals surface area contributed by atoms with Gasteiger partial charge in [-0.05, 0) is 17.7 Å². The summed E-state index contributed by atoms with van der Waals surface area (Å²) in [7, 11) is 1.93. The monoisotopic (exact) mass is 268 g/mol. The molecule has 0 bridgehead atoms. The molecule has 0 aliphatic heterocycles. The van der Waals surface area contributed by atoms with E-state index in [1.165, 1.54) is 0 Å². The topological polar surface area (TPSA) is 55.1 Å². The minimum Gasteiger partial charge on any atom is -0.385 e. The summed E-state index contributed by atoms with van der Waals surface area (Å²) in [5.74, 6) is 0.640. The summed E-state index contributed by atoms with van der Waals surface area (Å²) in [6.45, 7) is 0.442. The lowest BCUT2D eigenvalue weighted by Gasteiger charge is -2.10. The predicted molar refractivity (Wildman–Crippen MR) is 78.9 cm³/mol. The van der Waals surface area contributed by atoms with Gasteiger partial charge in [-0.25, -0.2) is 9.13 Å². The Morgan fingerprint density at radius 2 is 1.75 bits per heavy atom. The lowest BCUT2D eigenvalue weighted by molar-refractivity contribution is -0.630. The van der Waals surface area contributed by atoms with E-state index in [9.17, 15) is 5.11 Å². The van der Waals surface area contributed by atoms with Crippen molar-refractivity contribution >= 4 is 17.0 Å². The average Bonchev–Trinajstić information content (AvgIpc) is 2.74. The van der Waals surface area contributed by atoms with Crippen molar-refractivity contribution in [3.05, 3.63) is 60.2 Å². The van der Waals surface area contributed by atoms with Crippen LogP contribution in [0.15, 0.2) is 54.6 Å². The Morgan fingerprint density at radius 3 is 2.50 bits per heavy atom. The van der Waals surface area contributed by atoms with Gasteiger partial charge in [0, 0.05) is 0 Å². The van der Waals surface area contributed by atoms with Crippen molar-refractivity contribution in [2.75, 3.05) is 5.73 Å². The minimum atomic E-state index is -0.575. The molecule has 0 aliphatic rings. The van der Waals surface area contributed by atoms with E-state index in [0.717, 1.165) is 16.6 Å². The average molecular weight is 268 g/mol. The van der Waals surface area contributed by atoms with Crippen molar-refractivity contribution in [2.45, 2.75) is 12.6 Å². The maximum Gasteiger partial charge on any atom is 0.355 e. The number of hydrogen-bond acceptors (Lipinski definition) is 2. The zero-order chi connectivity index (χ0) is 14.1. The second kappa shape index (κ2) is 4.98. The van der Waals surface area contributed by atoms with Crippen LogP contribution in [0.3, 0.4) is 0 Å². The van der Waals surface area contributed by atoms with Crippen LogP contribution in [0.5, 0.6) is 0 Å². The fourth-order valence-corrected chi connectivity index (χ4v) is 2.55. The summed E-state index contributed by atoms with van der Waals surface area (Å²) >= 11 is 0. The van der Waals surface area contributed by atoms with Gasteiger partial charge < -0.3 is 5.11 Å². The lowest BCUT2D eigenvalue weighted by Crippen LogP contribution is -2.31. The second-order valence-electron chi connectivity index (χ2n) is 4.94. The summed E-state index contributed by atoms with van der Waals surface area (Å²) in [5.41, 5.74) is 9.14. The third-order valence-corrected chi connectivity index (χ3v) is 3.69. The fourth-order valence-electron chi connectivity index (χ4n) is 2.55. The maximum atomic E-state index is 10.4. The van der Waals surface area contributed by atoms with Gasteiger partial charge >= 0.3 is 5.95 Å². The molecule has 102 valence electrons. The van der Waals surface area contributed by atoms with Crippen LogP contribution < -0.4 is 10.3 Å². The zero-order valence-electron chi connectivity index (χ0n) is 11.4. The third kappa shape index (κ3) is 2.04. The van der Waals surface area contributed by atoms with Crippen molar-refractivity contribution < 1.29 is 9.67 Å².